The molecule has 1 aromatic carbocycles. The van der Waals surface area contributed by atoms with E-state index >= 15 is 0 Å². The van der Waals surface area contributed by atoms with Gasteiger partial charge in [-0.1, -0.05) is 12.1 Å². The van der Waals surface area contributed by atoms with Crippen LogP contribution in [0.2, 0.25) is 0 Å². The fourth-order valence-corrected chi connectivity index (χ4v) is 5.00. The number of pyridine rings is 1. The molecule has 0 bridgehead atoms. The summed E-state index contributed by atoms with van der Waals surface area (Å²) in [5, 5.41) is 5.66. The van der Waals surface area contributed by atoms with Crippen LogP contribution in [-0.2, 0) is 13.6 Å². The van der Waals surface area contributed by atoms with Gasteiger partial charge in [-0.05, 0) is 63.9 Å². The third kappa shape index (κ3) is 3.29. The number of benzene rings is 1. The molecule has 0 amide bonds. The molecule has 0 aliphatic carbocycles. The van der Waals surface area contributed by atoms with E-state index in [1.807, 2.05) is 17.9 Å². The third-order valence-corrected chi connectivity index (χ3v) is 6.34. The molecule has 5 rings (SSSR count). The Balaban J connectivity index is 1.41. The number of hydrogen-bond donors (Lipinski definition) is 0. The van der Waals surface area contributed by atoms with Crippen LogP contribution in [-0.4, -0.2) is 42.3 Å². The van der Waals surface area contributed by atoms with Crippen molar-refractivity contribution in [1.29, 1.82) is 0 Å². The van der Waals surface area contributed by atoms with E-state index in [0.717, 1.165) is 41.9 Å². The average Bonchev–Trinajstić information content (AvgIpc) is 3.26. The fraction of sp³-hybridized carbons (Fsp3) is 0.458. The van der Waals surface area contributed by atoms with E-state index in [0.29, 0.717) is 12.0 Å². The van der Waals surface area contributed by atoms with Crippen LogP contribution in [0.1, 0.15) is 55.7 Å². The molecule has 0 radical (unpaired) electrons. The minimum absolute atomic E-state index is 0.405. The van der Waals surface area contributed by atoms with Crippen LogP contribution in [0.4, 0.5) is 0 Å². The second kappa shape index (κ2) is 7.51. The van der Waals surface area contributed by atoms with E-state index in [-0.39, 0.29) is 0 Å². The molecule has 6 nitrogen and oxygen atoms in total. The number of rotatable bonds is 4. The van der Waals surface area contributed by atoms with Crippen molar-refractivity contribution >= 4 is 22.1 Å². The van der Waals surface area contributed by atoms with E-state index in [9.17, 15) is 0 Å². The second-order valence-corrected chi connectivity index (χ2v) is 8.92. The molecule has 1 unspecified atom stereocenters. The van der Waals surface area contributed by atoms with Crippen molar-refractivity contribution in [2.75, 3.05) is 13.1 Å². The fourth-order valence-electron chi connectivity index (χ4n) is 5.00. The van der Waals surface area contributed by atoms with Gasteiger partial charge >= 0.3 is 0 Å². The molecule has 0 saturated carbocycles. The van der Waals surface area contributed by atoms with Gasteiger partial charge in [0.25, 0.3) is 0 Å². The third-order valence-electron chi connectivity index (χ3n) is 6.34. The zero-order valence-electron chi connectivity index (χ0n) is 18.3. The van der Waals surface area contributed by atoms with Crippen molar-refractivity contribution in [3.63, 3.8) is 0 Å². The molecule has 6 heteroatoms. The summed E-state index contributed by atoms with van der Waals surface area (Å²) in [5.74, 6) is 1.71. The molecular formula is C24H30N6. The van der Waals surface area contributed by atoms with Crippen LogP contribution >= 0.6 is 0 Å². The smallest absolute Gasteiger partial charge is 0.157 e. The number of aromatic nitrogens is 5. The molecule has 4 aromatic rings. The predicted molar refractivity (Wildman–Crippen MR) is 121 cm³/mol. The summed E-state index contributed by atoms with van der Waals surface area (Å²) >= 11 is 0. The Morgan fingerprint density at radius 2 is 2.03 bits per heavy atom. The number of imidazole rings is 1. The lowest BCUT2D eigenvalue weighted by Crippen LogP contribution is -2.35. The van der Waals surface area contributed by atoms with E-state index in [1.165, 1.54) is 29.7 Å². The molecule has 3 aromatic heterocycles. The van der Waals surface area contributed by atoms with Gasteiger partial charge in [0.15, 0.2) is 5.65 Å². The maximum absolute atomic E-state index is 5.07. The number of nitrogens with zero attached hydrogens (tertiary/aromatic N) is 6. The molecule has 156 valence electrons. The summed E-state index contributed by atoms with van der Waals surface area (Å²) in [6.45, 7) is 9.67. The largest absolute Gasteiger partial charge is 0.325 e. The number of hydrogen-bond acceptors (Lipinski definition) is 4. The first-order valence-corrected chi connectivity index (χ1v) is 11.0. The van der Waals surface area contributed by atoms with Crippen LogP contribution in [0.15, 0.2) is 36.5 Å². The van der Waals surface area contributed by atoms with Crippen LogP contribution in [0.3, 0.4) is 0 Å². The zero-order chi connectivity index (χ0) is 20.8. The zero-order valence-corrected chi connectivity index (χ0v) is 18.3. The summed E-state index contributed by atoms with van der Waals surface area (Å²) in [7, 11) is 1.96. The molecule has 30 heavy (non-hydrogen) atoms. The SMILES string of the molecule is Cc1nn(C)c2ncc(CN3CCCC(c4nc5ccccc5n4C(C)C)C3)cc12. The predicted octanol–water partition coefficient (Wildman–Crippen LogP) is 4.59. The van der Waals surface area contributed by atoms with Crippen LogP contribution in [0, 0.1) is 6.92 Å². The van der Waals surface area contributed by atoms with Crippen molar-refractivity contribution in [2.45, 2.75) is 52.1 Å². The average molecular weight is 403 g/mol. The summed E-state index contributed by atoms with van der Waals surface area (Å²) in [6, 6.07) is 11.2. The molecule has 0 N–H and O–H groups in total. The maximum Gasteiger partial charge on any atom is 0.157 e. The topological polar surface area (TPSA) is 51.8 Å². The molecule has 0 spiro atoms. The number of para-hydroxylation sites is 2. The van der Waals surface area contributed by atoms with E-state index in [2.05, 4.69) is 70.7 Å². The van der Waals surface area contributed by atoms with Gasteiger partial charge in [0.05, 0.1) is 16.7 Å². The highest BCUT2D eigenvalue weighted by Crippen LogP contribution is 2.32. The van der Waals surface area contributed by atoms with Crippen molar-refractivity contribution in [1.82, 2.24) is 29.2 Å². The summed E-state index contributed by atoms with van der Waals surface area (Å²) in [6.07, 6.45) is 4.41. The first-order valence-electron chi connectivity index (χ1n) is 11.0. The lowest BCUT2D eigenvalue weighted by atomic mass is 9.96. The summed E-state index contributed by atoms with van der Waals surface area (Å²) < 4.78 is 4.30. The highest BCUT2D eigenvalue weighted by molar-refractivity contribution is 5.78. The van der Waals surface area contributed by atoms with E-state index in [4.69, 9.17) is 4.98 Å². The van der Waals surface area contributed by atoms with Crippen molar-refractivity contribution < 1.29 is 0 Å². The van der Waals surface area contributed by atoms with Gasteiger partial charge in [0, 0.05) is 43.7 Å². The standard InChI is InChI=1S/C24H30N6/c1-16(2)30-22-10-6-5-9-21(22)26-23(30)19-8-7-11-29(15-19)14-18-12-20-17(3)27-28(4)24(20)25-13-18/h5-6,9-10,12-13,16,19H,7-8,11,14-15H2,1-4H3. The minimum Gasteiger partial charge on any atom is -0.325 e. The summed E-state index contributed by atoms with van der Waals surface area (Å²) in [5.41, 5.74) is 5.63. The monoisotopic (exact) mass is 402 g/mol. The molecular weight excluding hydrogens is 372 g/mol. The van der Waals surface area contributed by atoms with Gasteiger partial charge in [-0.2, -0.15) is 5.10 Å². The minimum atomic E-state index is 0.405. The van der Waals surface area contributed by atoms with Crippen molar-refractivity contribution in [2.24, 2.45) is 7.05 Å². The first-order chi connectivity index (χ1) is 14.5. The van der Waals surface area contributed by atoms with Gasteiger partial charge in [-0.25, -0.2) is 9.97 Å². The van der Waals surface area contributed by atoms with Crippen molar-refractivity contribution in [3.8, 4) is 0 Å². The lowest BCUT2D eigenvalue weighted by Gasteiger charge is -2.33. The second-order valence-electron chi connectivity index (χ2n) is 8.92. The molecule has 1 saturated heterocycles. The van der Waals surface area contributed by atoms with Crippen LogP contribution < -0.4 is 0 Å². The normalized spacial score (nSPS) is 18.1. The highest BCUT2D eigenvalue weighted by Gasteiger charge is 2.27. The quantitative estimate of drug-likeness (QED) is 0.501. The van der Waals surface area contributed by atoms with Gasteiger partial charge < -0.3 is 4.57 Å². The van der Waals surface area contributed by atoms with E-state index < -0.39 is 0 Å². The van der Waals surface area contributed by atoms with Crippen LogP contribution in [0.5, 0.6) is 0 Å². The van der Waals surface area contributed by atoms with Gasteiger partial charge in [0.2, 0.25) is 0 Å². The Morgan fingerprint density at radius 1 is 1.20 bits per heavy atom. The Morgan fingerprint density at radius 3 is 2.87 bits per heavy atom. The lowest BCUT2D eigenvalue weighted by molar-refractivity contribution is 0.194. The molecule has 4 heterocycles. The molecule has 1 atom stereocenters. The molecule has 1 aliphatic heterocycles. The van der Waals surface area contributed by atoms with Crippen molar-refractivity contribution in [3.05, 3.63) is 53.6 Å². The van der Waals surface area contributed by atoms with E-state index in [1.54, 1.807) is 0 Å². The number of fused-ring (bicyclic) bond motifs is 2. The maximum atomic E-state index is 5.07. The van der Waals surface area contributed by atoms with Gasteiger partial charge in [-0.3, -0.25) is 9.58 Å². The van der Waals surface area contributed by atoms with Crippen LogP contribution in [0.25, 0.3) is 22.1 Å². The Kier molecular flexibility index (Phi) is 4.82. The molecule has 1 fully saturated rings. The highest BCUT2D eigenvalue weighted by atomic mass is 15.3. The molecule has 1 aliphatic rings. The first kappa shape index (κ1) is 19.2. The number of aryl methyl sites for hydroxylation is 2. The summed E-state index contributed by atoms with van der Waals surface area (Å²) in [4.78, 5) is 12.3. The van der Waals surface area contributed by atoms with Gasteiger partial charge in [-0.15, -0.1) is 0 Å². The Hall–Kier alpha value is -2.73. The Labute approximate surface area is 177 Å². The van der Waals surface area contributed by atoms with Gasteiger partial charge in [0.1, 0.15) is 5.82 Å². The Bertz CT molecular complexity index is 1200. The number of likely N-dealkylation sites (tertiary alicyclic amines) is 1. The number of piperidine rings is 1.